The number of ketones is 1. The molecule has 1 aromatic carbocycles. The molecule has 0 spiro atoms. The van der Waals surface area contributed by atoms with Crippen LogP contribution >= 0.6 is 0 Å². The van der Waals surface area contributed by atoms with Crippen LogP contribution in [-0.4, -0.2) is 18.2 Å². The molecule has 1 heterocycles. The molecule has 2 aromatic rings. The van der Waals surface area contributed by atoms with Crippen LogP contribution < -0.4 is 0 Å². The van der Waals surface area contributed by atoms with Gasteiger partial charge in [0.05, 0.1) is 4.90 Å². The molecule has 0 amide bonds. The number of allylic oxidation sites excluding steroid dienone is 1. The van der Waals surface area contributed by atoms with Crippen molar-refractivity contribution in [1.29, 1.82) is 0 Å². The predicted octanol–water partition coefficient (Wildman–Crippen LogP) is 3.34. The minimum Gasteiger partial charge on any atom is -0.289 e. The largest absolute Gasteiger partial charge is 0.289 e. The van der Waals surface area contributed by atoms with Crippen LogP contribution in [0.15, 0.2) is 41.3 Å². The van der Waals surface area contributed by atoms with Crippen molar-refractivity contribution in [3.63, 3.8) is 0 Å². The Morgan fingerprint density at radius 3 is 2.26 bits per heavy atom. The van der Waals surface area contributed by atoms with Crippen LogP contribution in [0.3, 0.4) is 0 Å². The zero-order valence-electron chi connectivity index (χ0n) is 13.5. The van der Waals surface area contributed by atoms with E-state index in [4.69, 9.17) is 0 Å². The molecule has 0 saturated heterocycles. The fraction of sp³-hybridized carbons (Fsp3) is 0.278. The first-order valence-corrected chi connectivity index (χ1v) is 8.94. The average molecular weight is 329 g/mol. The molecule has 0 radical (unpaired) electrons. The maximum Gasteiger partial charge on any atom is 0.268 e. The third-order valence-electron chi connectivity index (χ3n) is 4.53. The number of aryl methyl sites for hydroxylation is 1. The predicted molar refractivity (Wildman–Crippen MR) is 89.5 cm³/mol. The Morgan fingerprint density at radius 2 is 1.65 bits per heavy atom. The number of Topliss-reactive ketones (excluding diaryl/α,β-unsaturated/α-hetero) is 1. The summed E-state index contributed by atoms with van der Waals surface area (Å²) in [5.74, 6) is -0.135. The lowest BCUT2D eigenvalue weighted by Crippen LogP contribution is -2.21. The molecule has 0 bridgehead atoms. The third kappa shape index (κ3) is 2.27. The summed E-state index contributed by atoms with van der Waals surface area (Å²) < 4.78 is 27.5. The van der Waals surface area contributed by atoms with Crippen molar-refractivity contribution >= 4 is 15.8 Å². The summed E-state index contributed by atoms with van der Waals surface area (Å²) >= 11 is 0. The van der Waals surface area contributed by atoms with Gasteiger partial charge < -0.3 is 0 Å². The lowest BCUT2D eigenvalue weighted by Gasteiger charge is -2.17. The summed E-state index contributed by atoms with van der Waals surface area (Å²) in [6.07, 6.45) is 1.01. The monoisotopic (exact) mass is 329 g/mol. The molecule has 0 fully saturated rings. The van der Waals surface area contributed by atoms with Gasteiger partial charge in [-0.1, -0.05) is 24.3 Å². The molecule has 0 aliphatic heterocycles. The quantitative estimate of drug-likeness (QED) is 0.794. The van der Waals surface area contributed by atoms with E-state index in [2.05, 4.69) is 6.58 Å². The number of fused-ring (bicyclic) bond motifs is 1. The van der Waals surface area contributed by atoms with E-state index < -0.39 is 10.0 Å². The number of rotatable bonds is 2. The van der Waals surface area contributed by atoms with Crippen molar-refractivity contribution in [3.8, 4) is 0 Å². The molecular weight excluding hydrogens is 310 g/mol. The van der Waals surface area contributed by atoms with Gasteiger partial charge in [0.1, 0.15) is 0 Å². The second-order valence-corrected chi connectivity index (χ2v) is 7.83. The first-order chi connectivity index (χ1) is 10.7. The topological polar surface area (TPSA) is 56.1 Å². The van der Waals surface area contributed by atoms with Crippen molar-refractivity contribution in [2.45, 2.75) is 38.5 Å². The highest BCUT2D eigenvalue weighted by molar-refractivity contribution is 7.90. The summed E-state index contributed by atoms with van der Waals surface area (Å²) in [6.45, 7) is 9.25. The molecule has 5 heteroatoms. The second kappa shape index (κ2) is 5.20. The van der Waals surface area contributed by atoms with Crippen LogP contribution in [0.25, 0.3) is 0 Å². The van der Waals surface area contributed by atoms with E-state index in [1.807, 2.05) is 6.92 Å². The zero-order valence-corrected chi connectivity index (χ0v) is 14.3. The van der Waals surface area contributed by atoms with E-state index in [-0.39, 0.29) is 10.7 Å². The van der Waals surface area contributed by atoms with Crippen LogP contribution in [0.1, 0.15) is 39.3 Å². The zero-order chi connectivity index (χ0) is 16.9. The van der Waals surface area contributed by atoms with Crippen molar-refractivity contribution in [3.05, 3.63) is 64.5 Å². The number of nitrogens with zero attached hydrogens (tertiary/aromatic N) is 1. The molecule has 4 nitrogen and oxygen atoms in total. The van der Waals surface area contributed by atoms with Gasteiger partial charge in [0, 0.05) is 17.0 Å². The molecule has 1 aliphatic rings. The Kier molecular flexibility index (Phi) is 3.56. The van der Waals surface area contributed by atoms with Crippen LogP contribution in [0.2, 0.25) is 0 Å². The number of benzene rings is 1. The van der Waals surface area contributed by atoms with Gasteiger partial charge in [-0.2, -0.15) is 0 Å². The maximum absolute atomic E-state index is 13.1. The summed E-state index contributed by atoms with van der Waals surface area (Å²) in [5, 5.41) is 0. The van der Waals surface area contributed by atoms with Crippen molar-refractivity contribution < 1.29 is 13.2 Å². The standard InChI is InChI=1S/C18H19NO3S/c1-11-5-8-15(9-6-11)23(21,22)19-14(4)13(3)17-16(19)10-7-12(2)18(17)20/h5-6,8-9H,2,7,10H2,1,3-4H3. The van der Waals surface area contributed by atoms with Gasteiger partial charge in [-0.25, -0.2) is 12.4 Å². The molecule has 3 rings (SSSR count). The Labute approximate surface area is 136 Å². The van der Waals surface area contributed by atoms with E-state index in [1.165, 1.54) is 3.97 Å². The molecule has 120 valence electrons. The molecule has 0 saturated carbocycles. The first-order valence-electron chi connectivity index (χ1n) is 7.50. The van der Waals surface area contributed by atoms with Gasteiger partial charge in [-0.05, 0) is 56.9 Å². The average Bonchev–Trinajstić information content (AvgIpc) is 2.76. The minimum atomic E-state index is -3.71. The molecule has 0 unspecified atom stereocenters. The Hall–Kier alpha value is -2.14. The van der Waals surface area contributed by atoms with Crippen molar-refractivity contribution in [2.24, 2.45) is 0 Å². The lowest BCUT2D eigenvalue weighted by molar-refractivity contribution is 0.102. The second-order valence-electron chi connectivity index (χ2n) is 6.05. The van der Waals surface area contributed by atoms with E-state index in [1.54, 1.807) is 38.1 Å². The van der Waals surface area contributed by atoms with Crippen LogP contribution in [0.5, 0.6) is 0 Å². The lowest BCUT2D eigenvalue weighted by atomic mass is 9.90. The smallest absolute Gasteiger partial charge is 0.268 e. The molecule has 1 aromatic heterocycles. The van der Waals surface area contributed by atoms with E-state index >= 15 is 0 Å². The van der Waals surface area contributed by atoms with Gasteiger partial charge in [0.15, 0.2) is 5.78 Å². The van der Waals surface area contributed by atoms with Crippen LogP contribution in [0.4, 0.5) is 0 Å². The summed E-state index contributed by atoms with van der Waals surface area (Å²) in [5.41, 5.74) is 3.95. The minimum absolute atomic E-state index is 0.135. The van der Waals surface area contributed by atoms with Gasteiger partial charge in [-0.3, -0.25) is 4.79 Å². The molecule has 0 atom stereocenters. The number of hydrogen-bond donors (Lipinski definition) is 0. The SMILES string of the molecule is C=C1CCc2c(c(C)c(C)n2S(=O)(=O)c2ccc(C)cc2)C1=O. The number of aromatic nitrogens is 1. The van der Waals surface area contributed by atoms with Gasteiger partial charge in [0.2, 0.25) is 0 Å². The summed E-state index contributed by atoms with van der Waals surface area (Å²) in [7, 11) is -3.71. The van der Waals surface area contributed by atoms with Crippen molar-refractivity contribution in [2.75, 3.05) is 0 Å². The summed E-state index contributed by atoms with van der Waals surface area (Å²) in [4.78, 5) is 12.6. The Balaban J connectivity index is 2.27. The molecule has 23 heavy (non-hydrogen) atoms. The highest BCUT2D eigenvalue weighted by atomic mass is 32.2. The van der Waals surface area contributed by atoms with Crippen LogP contribution in [-0.2, 0) is 16.4 Å². The Bertz CT molecular complexity index is 932. The van der Waals surface area contributed by atoms with Gasteiger partial charge >= 0.3 is 0 Å². The number of carbonyl (C=O) groups excluding carboxylic acids is 1. The maximum atomic E-state index is 13.1. The first kappa shape index (κ1) is 15.7. The van der Waals surface area contributed by atoms with Gasteiger partial charge in [-0.15, -0.1) is 0 Å². The van der Waals surface area contributed by atoms with Crippen LogP contribution in [0, 0.1) is 20.8 Å². The normalized spacial score (nSPS) is 14.9. The van der Waals surface area contributed by atoms with Crippen molar-refractivity contribution in [1.82, 2.24) is 3.97 Å². The Morgan fingerprint density at radius 1 is 1.04 bits per heavy atom. The molecular formula is C18H19NO3S. The summed E-state index contributed by atoms with van der Waals surface area (Å²) in [6, 6.07) is 6.76. The fourth-order valence-corrected chi connectivity index (χ4v) is 4.74. The number of hydrogen-bond acceptors (Lipinski definition) is 3. The highest BCUT2D eigenvalue weighted by Gasteiger charge is 2.33. The highest BCUT2D eigenvalue weighted by Crippen LogP contribution is 2.33. The van der Waals surface area contributed by atoms with Gasteiger partial charge in [0.25, 0.3) is 10.0 Å². The number of carbonyl (C=O) groups is 1. The molecule has 1 aliphatic carbocycles. The fourth-order valence-electron chi connectivity index (χ4n) is 3.08. The van der Waals surface area contributed by atoms with E-state index in [0.717, 1.165) is 11.1 Å². The molecule has 0 N–H and O–H groups in total. The third-order valence-corrected chi connectivity index (χ3v) is 6.37. The van der Waals surface area contributed by atoms with E-state index in [9.17, 15) is 13.2 Å². The van der Waals surface area contributed by atoms with E-state index in [0.29, 0.717) is 35.4 Å².